The summed E-state index contributed by atoms with van der Waals surface area (Å²) in [5.74, 6) is 2.16. The molecule has 0 fully saturated rings. The first-order chi connectivity index (χ1) is 12.2. The van der Waals surface area contributed by atoms with E-state index in [1.165, 1.54) is 0 Å². The molecule has 0 aliphatic heterocycles. The average Bonchev–Trinajstić information content (AvgIpc) is 2.64. The number of ether oxygens (including phenoxy) is 2. The van der Waals surface area contributed by atoms with Crippen LogP contribution in [-0.4, -0.2) is 13.0 Å². The highest BCUT2D eigenvalue weighted by molar-refractivity contribution is 5.92. The van der Waals surface area contributed by atoms with Crippen molar-refractivity contribution in [2.45, 2.75) is 6.42 Å². The number of carbonyl (C=O) groups excluding carboxylic acids is 1. The molecule has 0 aliphatic rings. The van der Waals surface area contributed by atoms with Crippen molar-refractivity contribution in [3.8, 4) is 17.2 Å². The third kappa shape index (κ3) is 4.85. The Kier molecular flexibility index (Phi) is 5.32. The first-order valence-corrected chi connectivity index (χ1v) is 7.99. The van der Waals surface area contributed by atoms with Gasteiger partial charge in [0.15, 0.2) is 0 Å². The number of methoxy groups -OCH3 is 1. The number of amides is 1. The van der Waals surface area contributed by atoms with Crippen molar-refractivity contribution in [2.24, 2.45) is 0 Å². The lowest BCUT2D eigenvalue weighted by atomic mass is 10.1. The third-order valence-electron chi connectivity index (χ3n) is 3.62. The molecule has 0 saturated heterocycles. The highest BCUT2D eigenvalue weighted by Crippen LogP contribution is 2.22. The average molecular weight is 333 g/mol. The van der Waals surface area contributed by atoms with Crippen molar-refractivity contribution < 1.29 is 14.3 Å². The summed E-state index contributed by atoms with van der Waals surface area (Å²) in [6, 6.07) is 24.3. The predicted molar refractivity (Wildman–Crippen MR) is 98.3 cm³/mol. The van der Waals surface area contributed by atoms with E-state index in [0.29, 0.717) is 6.42 Å². The van der Waals surface area contributed by atoms with E-state index < -0.39 is 0 Å². The van der Waals surface area contributed by atoms with Gasteiger partial charge >= 0.3 is 0 Å². The Morgan fingerprint density at radius 1 is 0.840 bits per heavy atom. The minimum Gasteiger partial charge on any atom is -0.497 e. The number of rotatable bonds is 6. The van der Waals surface area contributed by atoms with Gasteiger partial charge in [0.2, 0.25) is 5.91 Å². The summed E-state index contributed by atoms with van der Waals surface area (Å²) in [5, 5.41) is 2.88. The van der Waals surface area contributed by atoms with E-state index in [0.717, 1.165) is 28.5 Å². The topological polar surface area (TPSA) is 47.6 Å². The first kappa shape index (κ1) is 16.6. The van der Waals surface area contributed by atoms with Crippen LogP contribution in [0.15, 0.2) is 78.9 Å². The Hall–Kier alpha value is -3.27. The van der Waals surface area contributed by atoms with Crippen LogP contribution in [0.1, 0.15) is 5.56 Å². The maximum Gasteiger partial charge on any atom is 0.228 e. The van der Waals surface area contributed by atoms with Crippen molar-refractivity contribution in [1.82, 2.24) is 0 Å². The molecular weight excluding hydrogens is 314 g/mol. The lowest BCUT2D eigenvalue weighted by molar-refractivity contribution is -0.115. The van der Waals surface area contributed by atoms with Crippen LogP contribution in [0.2, 0.25) is 0 Å². The zero-order valence-electron chi connectivity index (χ0n) is 13.9. The lowest BCUT2D eigenvalue weighted by Gasteiger charge is -2.08. The van der Waals surface area contributed by atoms with Gasteiger partial charge in [0.25, 0.3) is 0 Å². The fourth-order valence-corrected chi connectivity index (χ4v) is 2.40. The van der Waals surface area contributed by atoms with E-state index in [9.17, 15) is 4.79 Å². The molecule has 3 rings (SSSR count). The van der Waals surface area contributed by atoms with Crippen LogP contribution in [0.5, 0.6) is 17.2 Å². The molecule has 25 heavy (non-hydrogen) atoms. The van der Waals surface area contributed by atoms with Gasteiger partial charge in [-0.25, -0.2) is 0 Å². The number of nitrogens with one attached hydrogen (secondary N) is 1. The number of anilines is 1. The molecule has 1 N–H and O–H groups in total. The molecule has 0 heterocycles. The molecule has 0 spiro atoms. The molecule has 4 nitrogen and oxygen atoms in total. The highest BCUT2D eigenvalue weighted by Gasteiger charge is 2.06. The van der Waals surface area contributed by atoms with Gasteiger partial charge in [-0.2, -0.15) is 0 Å². The Balaban J connectivity index is 1.58. The van der Waals surface area contributed by atoms with Gasteiger partial charge in [-0.3, -0.25) is 4.79 Å². The molecule has 0 atom stereocenters. The predicted octanol–water partition coefficient (Wildman–Crippen LogP) is 4.67. The number of hydrogen-bond acceptors (Lipinski definition) is 3. The molecule has 1 amide bonds. The molecule has 126 valence electrons. The molecule has 0 bridgehead atoms. The Labute approximate surface area is 147 Å². The van der Waals surface area contributed by atoms with Gasteiger partial charge in [0.05, 0.1) is 13.5 Å². The second-order valence-electron chi connectivity index (χ2n) is 5.52. The molecule has 0 aliphatic carbocycles. The second kappa shape index (κ2) is 8.02. The van der Waals surface area contributed by atoms with Crippen LogP contribution >= 0.6 is 0 Å². The monoisotopic (exact) mass is 333 g/mol. The van der Waals surface area contributed by atoms with Gasteiger partial charge in [-0.15, -0.1) is 0 Å². The van der Waals surface area contributed by atoms with Gasteiger partial charge in [-0.05, 0) is 54.1 Å². The fourth-order valence-electron chi connectivity index (χ4n) is 2.40. The fraction of sp³-hybridized carbons (Fsp3) is 0.0952. The minimum absolute atomic E-state index is 0.0787. The first-order valence-electron chi connectivity index (χ1n) is 7.99. The standard InChI is InChI=1S/C21H19NO3/c1-24-20-9-5-6-16(14-20)15-21(23)22-17-10-12-19(13-11-17)25-18-7-3-2-4-8-18/h2-14H,15H2,1H3,(H,22,23). The summed E-state index contributed by atoms with van der Waals surface area (Å²) >= 11 is 0. The van der Waals surface area contributed by atoms with E-state index in [4.69, 9.17) is 9.47 Å². The summed E-state index contributed by atoms with van der Waals surface area (Å²) < 4.78 is 10.9. The summed E-state index contributed by atoms with van der Waals surface area (Å²) in [7, 11) is 1.61. The third-order valence-corrected chi connectivity index (χ3v) is 3.62. The Bertz CT molecular complexity index is 829. The second-order valence-corrected chi connectivity index (χ2v) is 5.52. The number of benzene rings is 3. The van der Waals surface area contributed by atoms with Crippen LogP contribution in [0.3, 0.4) is 0 Å². The van der Waals surface area contributed by atoms with Gasteiger partial charge in [0, 0.05) is 5.69 Å². The number of para-hydroxylation sites is 1. The van der Waals surface area contributed by atoms with Crippen molar-refractivity contribution in [3.05, 3.63) is 84.4 Å². The zero-order valence-corrected chi connectivity index (χ0v) is 13.9. The molecule has 0 unspecified atom stereocenters. The van der Waals surface area contributed by atoms with E-state index >= 15 is 0 Å². The van der Waals surface area contributed by atoms with Crippen LogP contribution in [-0.2, 0) is 11.2 Å². The Morgan fingerprint density at radius 3 is 2.24 bits per heavy atom. The van der Waals surface area contributed by atoms with E-state index in [1.807, 2.05) is 78.9 Å². The normalized spacial score (nSPS) is 10.1. The smallest absolute Gasteiger partial charge is 0.228 e. The summed E-state index contributed by atoms with van der Waals surface area (Å²) in [6.07, 6.45) is 0.291. The summed E-state index contributed by atoms with van der Waals surface area (Å²) in [4.78, 5) is 12.2. The highest BCUT2D eigenvalue weighted by atomic mass is 16.5. The van der Waals surface area contributed by atoms with Crippen molar-refractivity contribution in [1.29, 1.82) is 0 Å². The number of carbonyl (C=O) groups is 1. The molecule has 3 aromatic rings. The largest absolute Gasteiger partial charge is 0.497 e. The van der Waals surface area contributed by atoms with Crippen LogP contribution in [0.4, 0.5) is 5.69 Å². The maximum atomic E-state index is 12.2. The van der Waals surface area contributed by atoms with Crippen LogP contribution in [0.25, 0.3) is 0 Å². The van der Waals surface area contributed by atoms with E-state index in [2.05, 4.69) is 5.32 Å². The number of hydrogen-bond donors (Lipinski definition) is 1. The molecule has 0 radical (unpaired) electrons. The quantitative estimate of drug-likeness (QED) is 0.713. The van der Waals surface area contributed by atoms with Gasteiger partial charge in [0.1, 0.15) is 17.2 Å². The summed E-state index contributed by atoms with van der Waals surface area (Å²) in [5.41, 5.74) is 1.63. The van der Waals surface area contributed by atoms with E-state index in [-0.39, 0.29) is 5.91 Å². The Morgan fingerprint density at radius 2 is 1.52 bits per heavy atom. The van der Waals surface area contributed by atoms with Crippen molar-refractivity contribution >= 4 is 11.6 Å². The maximum absolute atomic E-state index is 12.2. The van der Waals surface area contributed by atoms with Gasteiger partial charge < -0.3 is 14.8 Å². The molecular formula is C21H19NO3. The van der Waals surface area contributed by atoms with E-state index in [1.54, 1.807) is 7.11 Å². The van der Waals surface area contributed by atoms with Crippen molar-refractivity contribution in [3.63, 3.8) is 0 Å². The zero-order chi connectivity index (χ0) is 17.5. The SMILES string of the molecule is COc1cccc(CC(=O)Nc2ccc(Oc3ccccc3)cc2)c1. The van der Waals surface area contributed by atoms with Crippen molar-refractivity contribution in [2.75, 3.05) is 12.4 Å². The van der Waals surface area contributed by atoms with Crippen LogP contribution in [0, 0.1) is 0 Å². The molecule has 0 aromatic heterocycles. The molecule has 4 heteroatoms. The minimum atomic E-state index is -0.0787. The summed E-state index contributed by atoms with van der Waals surface area (Å²) in [6.45, 7) is 0. The lowest BCUT2D eigenvalue weighted by Crippen LogP contribution is -2.14. The molecule has 3 aromatic carbocycles. The van der Waals surface area contributed by atoms with Gasteiger partial charge in [-0.1, -0.05) is 30.3 Å². The molecule has 0 saturated carbocycles. The van der Waals surface area contributed by atoms with Crippen LogP contribution < -0.4 is 14.8 Å².